The van der Waals surface area contributed by atoms with E-state index < -0.39 is 0 Å². The topological polar surface area (TPSA) is 73.7 Å². The van der Waals surface area contributed by atoms with E-state index in [0.29, 0.717) is 28.6 Å². The second kappa shape index (κ2) is 6.72. The first-order chi connectivity index (χ1) is 9.78. The maximum Gasteiger partial charge on any atom is 0.204 e. The lowest BCUT2D eigenvalue weighted by Gasteiger charge is -2.15. The minimum absolute atomic E-state index is 0.102. The van der Waals surface area contributed by atoms with Gasteiger partial charge in [0.15, 0.2) is 17.3 Å². The number of nitrogens with zero attached hydrogens (tertiary/aromatic N) is 2. The molecule has 1 aromatic heterocycles. The molecule has 106 valence electrons. The number of aromatic nitrogens is 2. The molecule has 1 aromatic carbocycles. The summed E-state index contributed by atoms with van der Waals surface area (Å²) in [7, 11) is 3.06. The van der Waals surface area contributed by atoms with Crippen molar-refractivity contribution in [2.75, 3.05) is 14.2 Å². The van der Waals surface area contributed by atoms with E-state index in [-0.39, 0.29) is 13.2 Å². The Hall–Kier alpha value is -2.34. The van der Waals surface area contributed by atoms with Gasteiger partial charge in [-0.05, 0) is 23.8 Å². The van der Waals surface area contributed by atoms with E-state index in [1.165, 1.54) is 14.2 Å². The highest BCUT2D eigenvalue weighted by Crippen LogP contribution is 2.38. The van der Waals surface area contributed by atoms with Gasteiger partial charge in [-0.1, -0.05) is 0 Å². The van der Waals surface area contributed by atoms with E-state index in [1.54, 1.807) is 30.6 Å². The first kappa shape index (κ1) is 14.1. The second-order valence-corrected chi connectivity index (χ2v) is 3.94. The Morgan fingerprint density at radius 3 is 2.15 bits per heavy atom. The monoisotopic (exact) mass is 276 g/mol. The average Bonchev–Trinajstić information content (AvgIpc) is 2.52. The van der Waals surface area contributed by atoms with Gasteiger partial charge in [-0.3, -0.25) is 0 Å². The third-order valence-corrected chi connectivity index (χ3v) is 2.67. The van der Waals surface area contributed by atoms with E-state index in [0.717, 1.165) is 0 Å². The number of rotatable bonds is 6. The number of aliphatic hydroxyl groups is 1. The number of hydrogen-bond donors (Lipinski definition) is 1. The molecule has 0 aliphatic heterocycles. The van der Waals surface area contributed by atoms with Gasteiger partial charge in [-0.15, -0.1) is 0 Å². The van der Waals surface area contributed by atoms with Gasteiger partial charge in [0.05, 0.1) is 20.8 Å². The molecule has 0 bridgehead atoms. The first-order valence-electron chi connectivity index (χ1n) is 6.03. The lowest BCUT2D eigenvalue weighted by Crippen LogP contribution is -2.04. The van der Waals surface area contributed by atoms with Crippen LogP contribution in [0.4, 0.5) is 0 Å². The lowest BCUT2D eigenvalue weighted by atomic mass is 10.2. The molecular formula is C14H16N2O4. The van der Waals surface area contributed by atoms with Crippen LogP contribution >= 0.6 is 0 Å². The molecule has 0 atom stereocenters. The van der Waals surface area contributed by atoms with Gasteiger partial charge in [-0.25, -0.2) is 9.97 Å². The number of benzene rings is 1. The van der Waals surface area contributed by atoms with Crippen molar-refractivity contribution in [3.63, 3.8) is 0 Å². The van der Waals surface area contributed by atoms with Crippen LogP contribution in [0, 0.1) is 0 Å². The van der Waals surface area contributed by atoms with Crippen LogP contribution in [0.25, 0.3) is 0 Å². The van der Waals surface area contributed by atoms with Crippen molar-refractivity contribution in [3.05, 3.63) is 42.0 Å². The summed E-state index contributed by atoms with van der Waals surface area (Å²) in [5.41, 5.74) is 0.682. The summed E-state index contributed by atoms with van der Waals surface area (Å²) < 4.78 is 16.2. The van der Waals surface area contributed by atoms with E-state index in [9.17, 15) is 5.11 Å². The van der Waals surface area contributed by atoms with E-state index in [4.69, 9.17) is 14.2 Å². The molecule has 20 heavy (non-hydrogen) atoms. The Bertz CT molecular complexity index is 535. The third-order valence-electron chi connectivity index (χ3n) is 2.67. The smallest absolute Gasteiger partial charge is 0.204 e. The largest absolute Gasteiger partial charge is 0.493 e. The Balaban J connectivity index is 2.25. The van der Waals surface area contributed by atoms with Crippen molar-refractivity contribution >= 4 is 0 Å². The number of methoxy groups -OCH3 is 2. The molecular weight excluding hydrogens is 260 g/mol. The third kappa shape index (κ3) is 3.16. The fraction of sp³-hybridized carbons (Fsp3) is 0.286. The van der Waals surface area contributed by atoms with Crippen LogP contribution in [0.5, 0.6) is 17.2 Å². The van der Waals surface area contributed by atoms with E-state index in [2.05, 4.69) is 9.97 Å². The molecule has 0 saturated heterocycles. The number of hydrogen-bond acceptors (Lipinski definition) is 6. The molecule has 2 rings (SSSR count). The van der Waals surface area contributed by atoms with E-state index >= 15 is 0 Å². The summed E-state index contributed by atoms with van der Waals surface area (Å²) >= 11 is 0. The summed E-state index contributed by atoms with van der Waals surface area (Å²) in [5, 5.41) is 9.20. The van der Waals surface area contributed by atoms with Crippen LogP contribution in [-0.2, 0) is 13.2 Å². The zero-order chi connectivity index (χ0) is 14.4. The lowest BCUT2D eigenvalue weighted by molar-refractivity contribution is 0.254. The molecule has 0 radical (unpaired) electrons. The van der Waals surface area contributed by atoms with Crippen molar-refractivity contribution < 1.29 is 19.3 Å². The fourth-order valence-corrected chi connectivity index (χ4v) is 1.71. The minimum Gasteiger partial charge on any atom is -0.493 e. The molecule has 6 heteroatoms. The molecule has 0 fully saturated rings. The summed E-state index contributed by atoms with van der Waals surface area (Å²) in [6.07, 6.45) is 3.30. The average molecular weight is 276 g/mol. The molecule has 0 unspecified atom stereocenters. The number of ether oxygens (including phenoxy) is 3. The van der Waals surface area contributed by atoms with Crippen LogP contribution in [0.15, 0.2) is 30.6 Å². The van der Waals surface area contributed by atoms with Gasteiger partial charge < -0.3 is 19.3 Å². The van der Waals surface area contributed by atoms with Crippen LogP contribution in [0.1, 0.15) is 11.4 Å². The highest BCUT2D eigenvalue weighted by atomic mass is 16.5. The van der Waals surface area contributed by atoms with Crippen LogP contribution in [0.3, 0.4) is 0 Å². The van der Waals surface area contributed by atoms with E-state index in [1.807, 2.05) is 0 Å². The van der Waals surface area contributed by atoms with Crippen LogP contribution in [-0.4, -0.2) is 29.3 Å². The summed E-state index contributed by atoms with van der Waals surface area (Å²) in [6, 6.07) is 5.13. The molecule has 0 saturated carbocycles. The SMILES string of the molecule is COc1cc(CO)cc(OC)c1OCc1ncccn1. The summed E-state index contributed by atoms with van der Waals surface area (Å²) in [4.78, 5) is 8.16. The van der Waals surface area contributed by atoms with Crippen molar-refractivity contribution in [1.82, 2.24) is 9.97 Å². The molecule has 0 aliphatic rings. The first-order valence-corrected chi connectivity index (χ1v) is 6.03. The van der Waals surface area contributed by atoms with Crippen LogP contribution in [0.2, 0.25) is 0 Å². The fourth-order valence-electron chi connectivity index (χ4n) is 1.71. The Labute approximate surface area is 117 Å². The van der Waals surface area contributed by atoms with Gasteiger partial charge in [0.2, 0.25) is 5.75 Å². The Kier molecular flexibility index (Phi) is 4.73. The highest BCUT2D eigenvalue weighted by molar-refractivity contribution is 5.53. The second-order valence-electron chi connectivity index (χ2n) is 3.94. The maximum absolute atomic E-state index is 9.20. The number of aliphatic hydroxyl groups excluding tert-OH is 1. The molecule has 6 nitrogen and oxygen atoms in total. The molecule has 0 aliphatic carbocycles. The standard InChI is InChI=1S/C14H16N2O4/c1-18-11-6-10(8-17)7-12(19-2)14(11)20-9-13-15-4-3-5-16-13/h3-7,17H,8-9H2,1-2H3. The van der Waals surface area contributed by atoms with Gasteiger partial charge in [0.1, 0.15) is 6.61 Å². The molecule has 1 heterocycles. The molecule has 0 spiro atoms. The van der Waals surface area contributed by atoms with Crippen molar-refractivity contribution in [1.29, 1.82) is 0 Å². The van der Waals surface area contributed by atoms with Gasteiger partial charge in [0.25, 0.3) is 0 Å². The summed E-state index contributed by atoms with van der Waals surface area (Å²) in [6.45, 7) is 0.0980. The minimum atomic E-state index is -0.102. The van der Waals surface area contributed by atoms with Gasteiger partial charge >= 0.3 is 0 Å². The normalized spacial score (nSPS) is 10.2. The Morgan fingerprint density at radius 2 is 1.65 bits per heavy atom. The Morgan fingerprint density at radius 1 is 1.05 bits per heavy atom. The molecule has 1 N–H and O–H groups in total. The van der Waals surface area contributed by atoms with Gasteiger partial charge in [0, 0.05) is 12.4 Å². The van der Waals surface area contributed by atoms with Gasteiger partial charge in [-0.2, -0.15) is 0 Å². The van der Waals surface area contributed by atoms with Crippen molar-refractivity contribution in [2.45, 2.75) is 13.2 Å². The molecule has 0 amide bonds. The summed E-state index contributed by atoms with van der Waals surface area (Å²) in [5.74, 6) is 2.00. The maximum atomic E-state index is 9.20. The van der Waals surface area contributed by atoms with Crippen molar-refractivity contribution in [2.24, 2.45) is 0 Å². The van der Waals surface area contributed by atoms with Crippen LogP contribution < -0.4 is 14.2 Å². The zero-order valence-electron chi connectivity index (χ0n) is 11.4. The predicted molar refractivity (Wildman–Crippen MR) is 71.8 cm³/mol. The zero-order valence-corrected chi connectivity index (χ0v) is 11.4. The quantitative estimate of drug-likeness (QED) is 0.863. The van der Waals surface area contributed by atoms with Crippen molar-refractivity contribution in [3.8, 4) is 17.2 Å². The molecule has 2 aromatic rings. The highest BCUT2D eigenvalue weighted by Gasteiger charge is 2.14. The predicted octanol–water partition coefficient (Wildman–Crippen LogP) is 1.57.